The number of anilines is 1. The monoisotopic (exact) mass is 451 g/mol. The number of fused-ring (bicyclic) bond motifs is 1. The molecule has 0 radical (unpaired) electrons. The number of ether oxygens (including phenoxy) is 1. The number of halogens is 1. The van der Waals surface area contributed by atoms with Crippen molar-refractivity contribution in [1.82, 2.24) is 9.97 Å². The Balaban J connectivity index is 1.14. The minimum absolute atomic E-state index is 0.229. The minimum atomic E-state index is -1.33. The fourth-order valence-corrected chi connectivity index (χ4v) is 5.20. The molecule has 0 N–H and O–H groups in total. The van der Waals surface area contributed by atoms with Crippen molar-refractivity contribution >= 4 is 16.7 Å². The first-order valence-electron chi connectivity index (χ1n) is 11.0. The number of nitrogens with zero attached hydrogens (tertiary/aromatic N) is 3. The Morgan fingerprint density at radius 3 is 2.31 bits per heavy atom. The van der Waals surface area contributed by atoms with Crippen molar-refractivity contribution in [3.63, 3.8) is 0 Å². The molecule has 32 heavy (non-hydrogen) atoms. The molecule has 3 aromatic rings. The van der Waals surface area contributed by atoms with Gasteiger partial charge in [0.05, 0.1) is 22.3 Å². The second kappa shape index (κ2) is 8.62. The summed E-state index contributed by atoms with van der Waals surface area (Å²) in [6.45, 7) is 4.81. The van der Waals surface area contributed by atoms with Crippen LogP contribution in [0.3, 0.4) is 0 Å². The van der Waals surface area contributed by atoms with E-state index in [1.165, 1.54) is 12.3 Å². The lowest BCUT2D eigenvalue weighted by Crippen LogP contribution is -2.27. The lowest BCUT2D eigenvalue weighted by molar-refractivity contribution is 0.283. The van der Waals surface area contributed by atoms with Gasteiger partial charge in [0.2, 0.25) is 5.95 Å². The highest BCUT2D eigenvalue weighted by Crippen LogP contribution is 2.52. The van der Waals surface area contributed by atoms with Crippen LogP contribution in [0.25, 0.3) is 11.1 Å². The van der Waals surface area contributed by atoms with Crippen LogP contribution in [0.2, 0.25) is 0 Å². The van der Waals surface area contributed by atoms with E-state index in [2.05, 4.69) is 21.8 Å². The maximum atomic E-state index is 14.1. The predicted octanol–water partition coefficient (Wildman–Crippen LogP) is 4.34. The van der Waals surface area contributed by atoms with Crippen molar-refractivity contribution < 1.29 is 13.3 Å². The van der Waals surface area contributed by atoms with Gasteiger partial charge in [-0.05, 0) is 59.2 Å². The summed E-state index contributed by atoms with van der Waals surface area (Å²) in [5.74, 6) is 3.09. The first-order chi connectivity index (χ1) is 15.5. The maximum Gasteiger partial charge on any atom is 0.225 e. The summed E-state index contributed by atoms with van der Waals surface area (Å²) in [4.78, 5) is 11.5. The van der Waals surface area contributed by atoms with Crippen LogP contribution < -0.4 is 9.64 Å². The molecule has 3 unspecified atom stereocenters. The van der Waals surface area contributed by atoms with Gasteiger partial charge in [-0.1, -0.05) is 25.1 Å². The van der Waals surface area contributed by atoms with Gasteiger partial charge in [-0.3, -0.25) is 4.21 Å². The lowest BCUT2D eigenvalue weighted by Gasteiger charge is -2.19. The number of aryl methyl sites for hydroxylation is 1. The molecule has 1 aliphatic carbocycles. The molecule has 4 atom stereocenters. The van der Waals surface area contributed by atoms with E-state index in [0.717, 1.165) is 47.9 Å². The molecule has 1 saturated heterocycles. The molecular weight excluding hydrogens is 425 g/mol. The van der Waals surface area contributed by atoms with Crippen LogP contribution in [-0.2, 0) is 17.2 Å². The Kier molecular flexibility index (Phi) is 5.67. The average molecular weight is 452 g/mol. The van der Waals surface area contributed by atoms with Crippen LogP contribution in [0.5, 0.6) is 5.75 Å². The van der Waals surface area contributed by atoms with Gasteiger partial charge in [0.25, 0.3) is 0 Å². The normalized spacial score (nSPS) is 22.5. The Labute approximate surface area is 190 Å². The molecule has 0 bridgehead atoms. The zero-order valence-corrected chi connectivity index (χ0v) is 19.0. The molecule has 7 heteroatoms. The molecule has 2 aromatic carbocycles. The third kappa shape index (κ3) is 4.13. The minimum Gasteiger partial charge on any atom is -0.493 e. The third-order valence-electron chi connectivity index (χ3n) is 6.63. The molecular formula is C25H26FN3O2S. The number of hydrogen-bond donors (Lipinski definition) is 0. The Morgan fingerprint density at radius 1 is 1.06 bits per heavy atom. The van der Waals surface area contributed by atoms with Crippen LogP contribution in [0.15, 0.2) is 59.8 Å². The molecule has 166 valence electrons. The molecule has 1 aromatic heterocycles. The fourth-order valence-electron chi connectivity index (χ4n) is 4.60. The molecule has 2 heterocycles. The topological polar surface area (TPSA) is 55.3 Å². The fraction of sp³-hybridized carbons (Fsp3) is 0.360. The van der Waals surface area contributed by atoms with E-state index in [1.54, 1.807) is 12.1 Å². The Morgan fingerprint density at radius 2 is 1.72 bits per heavy atom. The highest BCUT2D eigenvalue weighted by atomic mass is 32.2. The van der Waals surface area contributed by atoms with Crippen LogP contribution in [0.1, 0.15) is 12.5 Å². The lowest BCUT2D eigenvalue weighted by atomic mass is 10.1. The summed E-state index contributed by atoms with van der Waals surface area (Å²) < 4.78 is 31.7. The van der Waals surface area contributed by atoms with Crippen molar-refractivity contribution in [1.29, 1.82) is 0 Å². The molecule has 2 aliphatic rings. The van der Waals surface area contributed by atoms with Crippen LogP contribution in [-0.4, -0.2) is 40.1 Å². The number of hydrogen-bond acceptors (Lipinski definition) is 5. The SMILES string of the molecule is CCc1cnc(N2CC3C(COc4ccc(-c5ccc(S(C)=O)c(F)c5)cc4)[C@@H]3C2)nc1. The second-order valence-electron chi connectivity index (χ2n) is 8.58. The van der Waals surface area contributed by atoms with E-state index in [4.69, 9.17) is 4.74 Å². The van der Waals surface area contributed by atoms with E-state index < -0.39 is 16.6 Å². The number of piperidine rings is 1. The van der Waals surface area contributed by atoms with Gasteiger partial charge in [-0.25, -0.2) is 14.4 Å². The van der Waals surface area contributed by atoms with Crippen molar-refractivity contribution in [3.8, 4) is 16.9 Å². The summed E-state index contributed by atoms with van der Waals surface area (Å²) in [5, 5.41) is 0. The zero-order chi connectivity index (χ0) is 22.2. The molecule has 0 amide bonds. The van der Waals surface area contributed by atoms with Crippen molar-refractivity contribution in [3.05, 3.63) is 66.2 Å². The highest BCUT2D eigenvalue weighted by molar-refractivity contribution is 7.84. The van der Waals surface area contributed by atoms with E-state index in [9.17, 15) is 8.60 Å². The second-order valence-corrected chi connectivity index (χ2v) is 9.92. The Hall–Kier alpha value is -2.80. The quantitative estimate of drug-likeness (QED) is 0.535. The predicted molar refractivity (Wildman–Crippen MR) is 124 cm³/mol. The van der Waals surface area contributed by atoms with Gasteiger partial charge in [0, 0.05) is 37.7 Å². The number of aromatic nitrogens is 2. The van der Waals surface area contributed by atoms with Gasteiger partial charge in [0.15, 0.2) is 0 Å². The van der Waals surface area contributed by atoms with E-state index in [-0.39, 0.29) is 4.90 Å². The molecule has 5 nitrogen and oxygen atoms in total. The third-order valence-corrected chi connectivity index (χ3v) is 7.58. The Bertz CT molecular complexity index is 1120. The smallest absolute Gasteiger partial charge is 0.225 e. The van der Waals surface area contributed by atoms with Gasteiger partial charge in [-0.15, -0.1) is 0 Å². The van der Waals surface area contributed by atoms with E-state index in [1.807, 2.05) is 36.7 Å². The molecule has 1 aliphatic heterocycles. The van der Waals surface area contributed by atoms with Crippen molar-refractivity contribution in [2.24, 2.45) is 17.8 Å². The van der Waals surface area contributed by atoms with Gasteiger partial charge in [-0.2, -0.15) is 0 Å². The van der Waals surface area contributed by atoms with E-state index >= 15 is 0 Å². The number of benzene rings is 2. The first-order valence-corrected chi connectivity index (χ1v) is 12.5. The largest absolute Gasteiger partial charge is 0.493 e. The standard InChI is InChI=1S/C25H26FN3O2S/c1-3-16-11-27-25(28-12-16)29-13-20-21(14-29)22(20)15-31-19-7-4-17(5-8-19)18-6-9-24(32(2)30)23(26)10-18/h4-12,20-22H,3,13-15H2,1-2H3/t20-,21?,22?,32?/m1/s1. The summed E-state index contributed by atoms with van der Waals surface area (Å²) >= 11 is 0. The summed E-state index contributed by atoms with van der Waals surface area (Å²) in [7, 11) is -1.33. The van der Waals surface area contributed by atoms with Crippen LogP contribution >= 0.6 is 0 Å². The maximum absolute atomic E-state index is 14.1. The molecule has 5 rings (SSSR count). The average Bonchev–Trinajstić information content (AvgIpc) is 3.26. The zero-order valence-electron chi connectivity index (χ0n) is 18.2. The summed E-state index contributed by atoms with van der Waals surface area (Å²) in [5.41, 5.74) is 2.82. The highest BCUT2D eigenvalue weighted by Gasteiger charge is 2.56. The number of rotatable bonds is 7. The first kappa shape index (κ1) is 21.1. The van der Waals surface area contributed by atoms with Crippen LogP contribution in [0, 0.1) is 23.6 Å². The van der Waals surface area contributed by atoms with Gasteiger partial charge >= 0.3 is 0 Å². The van der Waals surface area contributed by atoms with Gasteiger partial charge < -0.3 is 9.64 Å². The molecule has 0 spiro atoms. The van der Waals surface area contributed by atoms with Crippen molar-refractivity contribution in [2.45, 2.75) is 18.2 Å². The van der Waals surface area contributed by atoms with Gasteiger partial charge in [0.1, 0.15) is 11.6 Å². The van der Waals surface area contributed by atoms with Crippen LogP contribution in [0.4, 0.5) is 10.3 Å². The summed E-state index contributed by atoms with van der Waals surface area (Å²) in [6.07, 6.45) is 6.28. The molecule has 1 saturated carbocycles. The summed E-state index contributed by atoms with van der Waals surface area (Å²) in [6, 6.07) is 12.5. The van der Waals surface area contributed by atoms with E-state index in [0.29, 0.717) is 24.4 Å². The molecule has 2 fully saturated rings. The van der Waals surface area contributed by atoms with Crippen molar-refractivity contribution in [2.75, 3.05) is 30.9 Å².